The first-order valence-electron chi connectivity index (χ1n) is 5.25. The van der Waals surface area contributed by atoms with Crippen molar-refractivity contribution >= 4 is 27.6 Å². The standard InChI is InChI=1S/C10H13N3O6S/c11-6-3-5(10(16)17)1-2-8(6)20(18,19)13-4-7(14)9(12)15/h1-3,7,13-14H,4,11H2,(H2,12,15)(H,16,17). The van der Waals surface area contributed by atoms with Crippen LogP contribution in [-0.4, -0.2) is 43.2 Å². The second-order valence-electron chi connectivity index (χ2n) is 3.83. The number of benzene rings is 1. The molecule has 0 saturated heterocycles. The number of sulfonamides is 1. The van der Waals surface area contributed by atoms with Gasteiger partial charge in [0, 0.05) is 6.54 Å². The van der Waals surface area contributed by atoms with Gasteiger partial charge in [0.25, 0.3) is 0 Å². The summed E-state index contributed by atoms with van der Waals surface area (Å²) in [5.74, 6) is -2.33. The third-order valence-corrected chi connectivity index (χ3v) is 3.84. The molecule has 0 bridgehead atoms. The van der Waals surface area contributed by atoms with E-state index in [0.717, 1.165) is 18.2 Å². The van der Waals surface area contributed by atoms with Crippen LogP contribution in [-0.2, 0) is 14.8 Å². The molecule has 0 saturated carbocycles. The highest BCUT2D eigenvalue weighted by atomic mass is 32.2. The van der Waals surface area contributed by atoms with E-state index in [0.29, 0.717) is 0 Å². The number of hydrogen-bond donors (Lipinski definition) is 5. The Balaban J connectivity index is 2.99. The minimum absolute atomic E-state index is 0.168. The molecule has 1 rings (SSSR count). The Bertz CT molecular complexity index is 642. The molecule has 0 radical (unpaired) electrons. The van der Waals surface area contributed by atoms with Crippen molar-refractivity contribution in [2.24, 2.45) is 5.73 Å². The van der Waals surface area contributed by atoms with Gasteiger partial charge in [-0.1, -0.05) is 0 Å². The van der Waals surface area contributed by atoms with Crippen molar-refractivity contribution in [1.82, 2.24) is 4.72 Å². The molecule has 1 aromatic rings. The number of hydrogen-bond acceptors (Lipinski definition) is 6. The van der Waals surface area contributed by atoms with Crippen molar-refractivity contribution in [3.05, 3.63) is 23.8 Å². The predicted molar refractivity (Wildman–Crippen MR) is 68.2 cm³/mol. The Morgan fingerprint density at radius 2 is 1.95 bits per heavy atom. The van der Waals surface area contributed by atoms with Crippen molar-refractivity contribution < 1.29 is 28.2 Å². The molecule has 0 aliphatic rings. The van der Waals surface area contributed by atoms with Crippen molar-refractivity contribution in [1.29, 1.82) is 0 Å². The highest BCUT2D eigenvalue weighted by molar-refractivity contribution is 7.89. The first-order valence-corrected chi connectivity index (χ1v) is 6.73. The fourth-order valence-corrected chi connectivity index (χ4v) is 2.44. The number of aliphatic hydroxyl groups excluding tert-OH is 1. The molecule has 0 aliphatic carbocycles. The van der Waals surface area contributed by atoms with Crippen LogP contribution in [0.2, 0.25) is 0 Å². The van der Waals surface area contributed by atoms with Gasteiger partial charge in [-0.15, -0.1) is 0 Å². The SMILES string of the molecule is NC(=O)C(O)CNS(=O)(=O)c1ccc(C(=O)O)cc1N. The molecule has 9 nitrogen and oxygen atoms in total. The maximum atomic E-state index is 11.9. The molecule has 110 valence electrons. The molecular weight excluding hydrogens is 290 g/mol. The van der Waals surface area contributed by atoms with Crippen LogP contribution in [0.15, 0.2) is 23.1 Å². The van der Waals surface area contributed by atoms with Gasteiger partial charge in [0.1, 0.15) is 11.0 Å². The van der Waals surface area contributed by atoms with Crippen LogP contribution < -0.4 is 16.2 Å². The lowest BCUT2D eigenvalue weighted by Crippen LogP contribution is -2.40. The van der Waals surface area contributed by atoms with E-state index >= 15 is 0 Å². The number of carbonyl (C=O) groups is 2. The summed E-state index contributed by atoms with van der Waals surface area (Å²) in [5.41, 5.74) is 9.81. The topological polar surface area (TPSA) is 173 Å². The highest BCUT2D eigenvalue weighted by Gasteiger charge is 2.21. The molecular formula is C10H13N3O6S. The third-order valence-electron chi connectivity index (χ3n) is 2.34. The first-order chi connectivity index (χ1) is 9.15. The van der Waals surface area contributed by atoms with Gasteiger partial charge in [-0.3, -0.25) is 4.79 Å². The summed E-state index contributed by atoms with van der Waals surface area (Å²) in [6.45, 7) is -0.613. The number of nitrogen functional groups attached to an aromatic ring is 1. The third kappa shape index (κ3) is 3.66. The number of nitrogens with two attached hydrogens (primary N) is 2. The molecule has 0 aromatic heterocycles. The average molecular weight is 303 g/mol. The van der Waals surface area contributed by atoms with Crippen molar-refractivity contribution in [2.45, 2.75) is 11.0 Å². The van der Waals surface area contributed by atoms with Gasteiger partial charge in [-0.05, 0) is 18.2 Å². The molecule has 0 aliphatic heterocycles. The minimum Gasteiger partial charge on any atom is -0.478 e. The van der Waals surface area contributed by atoms with Crippen LogP contribution in [0.25, 0.3) is 0 Å². The summed E-state index contributed by atoms with van der Waals surface area (Å²) < 4.78 is 25.7. The fraction of sp³-hybridized carbons (Fsp3) is 0.200. The van der Waals surface area contributed by atoms with Crippen LogP contribution in [0.3, 0.4) is 0 Å². The number of carboxylic acid groups (broad SMARTS) is 1. The summed E-state index contributed by atoms with van der Waals surface area (Å²) in [6.07, 6.45) is -1.68. The van der Waals surface area contributed by atoms with E-state index in [1.54, 1.807) is 0 Å². The summed E-state index contributed by atoms with van der Waals surface area (Å²) in [7, 11) is -4.10. The summed E-state index contributed by atoms with van der Waals surface area (Å²) in [6, 6.07) is 3.07. The maximum absolute atomic E-state index is 11.9. The van der Waals surface area contributed by atoms with Crippen LogP contribution in [0.4, 0.5) is 5.69 Å². The summed E-state index contributed by atoms with van der Waals surface area (Å²) in [5, 5.41) is 17.8. The normalized spacial score (nSPS) is 12.8. The van der Waals surface area contributed by atoms with Crippen molar-refractivity contribution in [3.8, 4) is 0 Å². The molecule has 1 atom stereocenters. The molecule has 20 heavy (non-hydrogen) atoms. The van der Waals surface area contributed by atoms with Crippen molar-refractivity contribution in [3.63, 3.8) is 0 Å². The van der Waals surface area contributed by atoms with Gasteiger partial charge in [0.2, 0.25) is 15.9 Å². The van der Waals surface area contributed by atoms with E-state index in [2.05, 4.69) is 0 Å². The van der Waals surface area contributed by atoms with Gasteiger partial charge in [0.05, 0.1) is 11.3 Å². The zero-order valence-electron chi connectivity index (χ0n) is 10.1. The average Bonchev–Trinajstić information content (AvgIpc) is 2.35. The number of nitrogens with one attached hydrogen (secondary N) is 1. The van der Waals surface area contributed by atoms with Crippen LogP contribution in [0, 0.1) is 0 Å². The van der Waals surface area contributed by atoms with Gasteiger partial charge in [-0.2, -0.15) is 0 Å². The number of carbonyl (C=O) groups excluding carboxylic acids is 1. The van der Waals surface area contributed by atoms with Crippen molar-refractivity contribution in [2.75, 3.05) is 12.3 Å². The quantitative estimate of drug-likeness (QED) is 0.381. The molecule has 7 N–H and O–H groups in total. The Hall–Kier alpha value is -2.17. The van der Waals surface area contributed by atoms with Gasteiger partial charge in [-0.25, -0.2) is 17.9 Å². The zero-order valence-corrected chi connectivity index (χ0v) is 10.9. The summed E-state index contributed by atoms with van der Waals surface area (Å²) >= 11 is 0. The molecule has 1 aromatic carbocycles. The molecule has 1 unspecified atom stereocenters. The lowest BCUT2D eigenvalue weighted by atomic mass is 10.2. The number of aliphatic hydroxyl groups is 1. The van der Waals surface area contributed by atoms with E-state index in [1.165, 1.54) is 0 Å². The van der Waals surface area contributed by atoms with Crippen LogP contribution in [0.1, 0.15) is 10.4 Å². The number of anilines is 1. The smallest absolute Gasteiger partial charge is 0.335 e. The highest BCUT2D eigenvalue weighted by Crippen LogP contribution is 2.19. The predicted octanol–water partition coefficient (Wildman–Crippen LogP) is -1.91. The van der Waals surface area contributed by atoms with E-state index in [4.69, 9.17) is 21.7 Å². The summed E-state index contributed by atoms with van der Waals surface area (Å²) in [4.78, 5) is 20.9. The second kappa shape index (κ2) is 5.86. The Labute approximate surface area is 114 Å². The van der Waals surface area contributed by atoms with Gasteiger partial charge >= 0.3 is 5.97 Å². The number of rotatable bonds is 6. The number of carboxylic acids is 1. The minimum atomic E-state index is -4.10. The number of primary amides is 1. The van der Waals surface area contributed by atoms with Gasteiger partial charge in [0.15, 0.2) is 0 Å². The first kappa shape index (κ1) is 15.9. The lowest BCUT2D eigenvalue weighted by molar-refractivity contribution is -0.125. The molecule has 10 heteroatoms. The second-order valence-corrected chi connectivity index (χ2v) is 5.56. The van der Waals surface area contributed by atoms with E-state index in [1.807, 2.05) is 4.72 Å². The number of aromatic carboxylic acids is 1. The molecule has 0 spiro atoms. The number of amides is 1. The zero-order chi connectivity index (χ0) is 15.5. The van der Waals surface area contributed by atoms with Crippen LogP contribution >= 0.6 is 0 Å². The fourth-order valence-electron chi connectivity index (χ4n) is 1.29. The van der Waals surface area contributed by atoms with E-state index in [9.17, 15) is 18.0 Å². The maximum Gasteiger partial charge on any atom is 0.335 e. The molecule has 0 heterocycles. The molecule has 1 amide bonds. The van der Waals surface area contributed by atoms with Crippen LogP contribution in [0.5, 0.6) is 0 Å². The molecule has 0 fully saturated rings. The Morgan fingerprint density at radius 1 is 1.35 bits per heavy atom. The van der Waals surface area contributed by atoms with E-state index in [-0.39, 0.29) is 16.1 Å². The van der Waals surface area contributed by atoms with E-state index < -0.39 is 34.5 Å². The monoisotopic (exact) mass is 303 g/mol. The lowest BCUT2D eigenvalue weighted by Gasteiger charge is -2.11. The largest absolute Gasteiger partial charge is 0.478 e. The van der Waals surface area contributed by atoms with Gasteiger partial charge < -0.3 is 21.7 Å². The Morgan fingerprint density at radius 3 is 2.40 bits per heavy atom. The Kier molecular flexibility index (Phi) is 4.65.